The molecule has 0 bridgehead atoms. The Balaban J connectivity index is 3.70. The van der Waals surface area contributed by atoms with Gasteiger partial charge in [0.05, 0.1) is 27.2 Å². The zero-order chi connectivity index (χ0) is 20.4. The summed E-state index contributed by atoms with van der Waals surface area (Å²) in [6, 6.07) is 0. The smallest absolute Gasteiger partial charge is 0.327 e. The summed E-state index contributed by atoms with van der Waals surface area (Å²) in [6.07, 6.45) is 15.9. The summed E-state index contributed by atoms with van der Waals surface area (Å²) in [7, 11) is 0.408. The highest BCUT2D eigenvalue weighted by Crippen LogP contribution is 2.43. The third kappa shape index (κ3) is 19.2. The molecule has 0 fully saturated rings. The molecule has 164 valence electrons. The van der Waals surface area contributed by atoms with Gasteiger partial charge in [-0.05, 0) is 19.3 Å². The molecule has 0 saturated heterocycles. The molecule has 1 unspecified atom stereocenters. The van der Waals surface area contributed by atoms with Crippen molar-refractivity contribution in [2.24, 2.45) is 0 Å². The average molecular weight is 409 g/mol. The van der Waals surface area contributed by atoms with Crippen molar-refractivity contribution in [3.8, 4) is 0 Å². The number of likely N-dealkylation sites (N-methyl/N-ethyl adjacent to an activating group) is 1. The molecule has 0 spiro atoms. The Morgan fingerprint density at radius 3 is 1.67 bits per heavy atom. The molecule has 0 aliphatic heterocycles. The van der Waals surface area contributed by atoms with E-state index < -0.39 is 7.82 Å². The molecule has 0 aliphatic carbocycles. The van der Waals surface area contributed by atoms with Gasteiger partial charge in [-0.3, -0.25) is 9.05 Å². The molecule has 0 radical (unpaired) electrons. The molecule has 0 amide bonds. The molecular weight excluding hydrogens is 361 g/mol. The van der Waals surface area contributed by atoms with Gasteiger partial charge in [-0.1, -0.05) is 78.1 Å². The van der Waals surface area contributed by atoms with Crippen molar-refractivity contribution in [1.29, 1.82) is 0 Å². The topological polar surface area (TPSA) is 55.8 Å². The highest BCUT2D eigenvalue weighted by atomic mass is 31.2. The predicted octanol–water partition coefficient (Wildman–Crippen LogP) is 6.31. The average Bonchev–Trinajstić information content (AvgIpc) is 2.59. The van der Waals surface area contributed by atoms with E-state index in [4.69, 9.17) is 9.05 Å². The van der Waals surface area contributed by atoms with Crippen molar-refractivity contribution >= 4 is 7.82 Å². The minimum atomic E-state index is -3.90. The van der Waals surface area contributed by atoms with Gasteiger partial charge >= 0.3 is 7.82 Å². The van der Waals surface area contributed by atoms with E-state index in [2.05, 4.69) is 27.9 Å². The molecule has 5 nitrogen and oxygen atoms in total. The number of hydrogen-bond acceptors (Lipinski definition) is 3. The lowest BCUT2D eigenvalue weighted by atomic mass is 10.1. The Bertz CT molecular complexity index is 377. The van der Waals surface area contributed by atoms with Crippen LogP contribution >= 0.6 is 7.82 Å². The van der Waals surface area contributed by atoms with Crippen LogP contribution < -0.4 is 0 Å². The quantitative estimate of drug-likeness (QED) is 0.146. The maximum Gasteiger partial charge on any atom is 0.472 e. The lowest BCUT2D eigenvalue weighted by Crippen LogP contribution is -2.42. The molecule has 0 aromatic carbocycles. The van der Waals surface area contributed by atoms with Crippen molar-refractivity contribution in [3.05, 3.63) is 0 Å². The maximum absolute atomic E-state index is 11.9. The summed E-state index contributed by atoms with van der Waals surface area (Å²) >= 11 is 0. The number of hydrogen-bond donors (Lipinski definition) is 1. The number of rotatable bonds is 20. The summed E-state index contributed by atoms with van der Waals surface area (Å²) < 4.78 is 23.0. The van der Waals surface area contributed by atoms with Gasteiger partial charge in [0.2, 0.25) is 0 Å². The lowest BCUT2D eigenvalue weighted by Gasteiger charge is -2.29. The van der Waals surface area contributed by atoms with Crippen LogP contribution in [0.2, 0.25) is 0 Å². The van der Waals surface area contributed by atoms with Gasteiger partial charge in [0.15, 0.2) is 0 Å². The zero-order valence-corrected chi connectivity index (χ0v) is 19.5. The van der Waals surface area contributed by atoms with Gasteiger partial charge in [-0.25, -0.2) is 4.57 Å². The Morgan fingerprint density at radius 2 is 1.11 bits per heavy atom. The van der Waals surface area contributed by atoms with Crippen LogP contribution in [-0.4, -0.2) is 49.8 Å². The van der Waals surface area contributed by atoms with Crippen LogP contribution in [-0.2, 0) is 13.6 Å². The first-order valence-electron chi connectivity index (χ1n) is 11.3. The van der Waals surface area contributed by atoms with E-state index in [1.165, 1.54) is 64.2 Å². The van der Waals surface area contributed by atoms with E-state index in [0.29, 0.717) is 6.61 Å². The fourth-order valence-corrected chi connectivity index (χ4v) is 3.86. The summed E-state index contributed by atoms with van der Waals surface area (Å²) in [5.41, 5.74) is 0. The number of nitrogens with zero attached hydrogens (tertiary/aromatic N) is 1. The fraction of sp³-hybridized carbons (Fsp3) is 1.00. The minimum Gasteiger partial charge on any atom is -0.327 e. The molecule has 0 saturated carbocycles. The summed E-state index contributed by atoms with van der Waals surface area (Å²) in [5.74, 6) is 0. The van der Waals surface area contributed by atoms with Crippen LogP contribution in [0.5, 0.6) is 0 Å². The summed E-state index contributed by atoms with van der Waals surface area (Å²) in [4.78, 5) is 9.77. The molecule has 0 aromatic rings. The van der Waals surface area contributed by atoms with Gasteiger partial charge in [-0.15, -0.1) is 0 Å². The van der Waals surface area contributed by atoms with E-state index in [9.17, 15) is 9.46 Å². The zero-order valence-electron chi connectivity index (χ0n) is 18.6. The molecular formula is C21H47NO4P+. The lowest BCUT2D eigenvalue weighted by molar-refractivity contribution is -0.890. The maximum atomic E-state index is 11.9. The Kier molecular flexibility index (Phi) is 17.0. The number of phosphoric acid groups is 1. The molecule has 0 aliphatic rings. The second-order valence-corrected chi connectivity index (χ2v) is 9.86. The van der Waals surface area contributed by atoms with E-state index in [1.807, 2.05) is 0 Å². The number of phosphoric ester groups is 1. The van der Waals surface area contributed by atoms with E-state index >= 15 is 0 Å². The normalized spacial score (nSPS) is 14.4. The largest absolute Gasteiger partial charge is 0.472 e. The van der Waals surface area contributed by atoms with Crippen molar-refractivity contribution in [2.45, 2.75) is 97.3 Å². The molecule has 27 heavy (non-hydrogen) atoms. The second-order valence-electron chi connectivity index (χ2n) is 8.41. The molecule has 6 heteroatoms. The SMILES string of the molecule is CCCCCCCCC[N+](C)(C)CCOP(=O)(O)OCCCCCCCC. The first kappa shape index (κ1) is 27.1. The van der Waals surface area contributed by atoms with Crippen LogP contribution in [0.3, 0.4) is 0 Å². The van der Waals surface area contributed by atoms with Crippen LogP contribution in [0, 0.1) is 0 Å². The van der Waals surface area contributed by atoms with Crippen LogP contribution in [0.4, 0.5) is 0 Å². The van der Waals surface area contributed by atoms with Gasteiger partial charge in [0.1, 0.15) is 13.2 Å². The van der Waals surface area contributed by atoms with Gasteiger partial charge in [0.25, 0.3) is 0 Å². The number of unbranched alkanes of at least 4 members (excludes halogenated alkanes) is 11. The first-order valence-corrected chi connectivity index (χ1v) is 12.8. The van der Waals surface area contributed by atoms with Crippen molar-refractivity contribution in [3.63, 3.8) is 0 Å². The standard InChI is InChI=1S/C21H46NO4P/c1-5-7-9-11-13-14-16-18-22(3,4)19-21-26-27(23,24)25-20-17-15-12-10-8-6-2/h5-21H2,1-4H3/p+1. The molecule has 0 heterocycles. The Labute approximate surface area is 169 Å². The van der Waals surface area contributed by atoms with Crippen molar-refractivity contribution < 1.29 is 23.0 Å². The minimum absolute atomic E-state index is 0.258. The van der Waals surface area contributed by atoms with Crippen molar-refractivity contribution in [2.75, 3.05) is 40.4 Å². The van der Waals surface area contributed by atoms with E-state index in [1.54, 1.807) is 0 Å². The van der Waals surface area contributed by atoms with E-state index in [0.717, 1.165) is 36.8 Å². The monoisotopic (exact) mass is 408 g/mol. The third-order valence-corrected chi connectivity index (χ3v) is 6.09. The second kappa shape index (κ2) is 17.0. The van der Waals surface area contributed by atoms with Crippen LogP contribution in [0.25, 0.3) is 0 Å². The van der Waals surface area contributed by atoms with Gasteiger partial charge in [-0.2, -0.15) is 0 Å². The summed E-state index contributed by atoms with van der Waals surface area (Å²) in [5, 5.41) is 0. The van der Waals surface area contributed by atoms with Gasteiger partial charge < -0.3 is 9.38 Å². The number of quaternary nitrogens is 1. The highest BCUT2D eigenvalue weighted by Gasteiger charge is 2.23. The molecule has 0 aromatic heterocycles. The Hall–Kier alpha value is 0.0700. The summed E-state index contributed by atoms with van der Waals surface area (Å²) in [6.45, 7) is 6.79. The molecule has 1 atom stereocenters. The molecule has 0 rings (SSSR count). The molecule has 1 N–H and O–H groups in total. The Morgan fingerprint density at radius 1 is 0.667 bits per heavy atom. The van der Waals surface area contributed by atoms with Crippen LogP contribution in [0.1, 0.15) is 97.3 Å². The first-order chi connectivity index (χ1) is 12.8. The van der Waals surface area contributed by atoms with Crippen molar-refractivity contribution in [1.82, 2.24) is 0 Å². The fourth-order valence-electron chi connectivity index (χ4n) is 3.11. The van der Waals surface area contributed by atoms with Gasteiger partial charge in [0, 0.05) is 0 Å². The highest BCUT2D eigenvalue weighted by molar-refractivity contribution is 7.47. The van der Waals surface area contributed by atoms with Crippen LogP contribution in [0.15, 0.2) is 0 Å². The third-order valence-electron chi connectivity index (χ3n) is 5.07. The predicted molar refractivity (Wildman–Crippen MR) is 115 cm³/mol. The van der Waals surface area contributed by atoms with E-state index in [-0.39, 0.29) is 6.61 Å².